The Balaban J connectivity index is 1.49. The second-order valence-electron chi connectivity index (χ2n) is 6.13. The van der Waals surface area contributed by atoms with E-state index >= 15 is 0 Å². The molecule has 3 rings (SSSR count). The number of benzene rings is 2. The molecule has 116 valence electrons. The van der Waals surface area contributed by atoms with Crippen LogP contribution in [0.1, 0.15) is 36.1 Å². The molecule has 0 fully saturated rings. The van der Waals surface area contributed by atoms with Gasteiger partial charge >= 0.3 is 0 Å². The molecule has 22 heavy (non-hydrogen) atoms. The zero-order valence-electron chi connectivity index (χ0n) is 13.3. The van der Waals surface area contributed by atoms with Crippen molar-refractivity contribution in [3.8, 4) is 0 Å². The maximum Gasteiger partial charge on any atom is 0.0842 e. The van der Waals surface area contributed by atoms with Gasteiger partial charge in [-0.2, -0.15) is 0 Å². The van der Waals surface area contributed by atoms with Gasteiger partial charge in [0, 0.05) is 6.04 Å². The van der Waals surface area contributed by atoms with Gasteiger partial charge in [-0.3, -0.25) is 0 Å². The Morgan fingerprint density at radius 1 is 1.09 bits per heavy atom. The Morgan fingerprint density at radius 3 is 2.73 bits per heavy atom. The molecule has 1 aliphatic heterocycles. The lowest BCUT2D eigenvalue weighted by molar-refractivity contribution is 0.0308. The average Bonchev–Trinajstić information content (AvgIpc) is 2.56. The van der Waals surface area contributed by atoms with Crippen molar-refractivity contribution in [2.75, 3.05) is 13.2 Å². The first-order valence-electron chi connectivity index (χ1n) is 8.29. The minimum Gasteiger partial charge on any atom is -0.373 e. The predicted octanol–water partition coefficient (Wildman–Crippen LogP) is 3.91. The molecule has 0 radical (unpaired) electrons. The largest absolute Gasteiger partial charge is 0.373 e. The molecule has 2 aromatic carbocycles. The fraction of sp³-hybridized carbons (Fsp3) is 0.400. The van der Waals surface area contributed by atoms with E-state index in [1.165, 1.54) is 16.7 Å². The molecule has 0 spiro atoms. The monoisotopic (exact) mass is 295 g/mol. The second kappa shape index (κ2) is 7.57. The van der Waals surface area contributed by atoms with Gasteiger partial charge in [-0.1, -0.05) is 54.6 Å². The van der Waals surface area contributed by atoms with E-state index in [4.69, 9.17) is 4.74 Å². The van der Waals surface area contributed by atoms with E-state index in [2.05, 4.69) is 66.8 Å². The van der Waals surface area contributed by atoms with Crippen molar-refractivity contribution in [3.63, 3.8) is 0 Å². The number of fused-ring (bicyclic) bond motifs is 1. The maximum absolute atomic E-state index is 6.00. The minimum absolute atomic E-state index is 0.240. The van der Waals surface area contributed by atoms with Crippen LogP contribution in [0.3, 0.4) is 0 Å². The van der Waals surface area contributed by atoms with Gasteiger partial charge in [0.25, 0.3) is 0 Å². The number of rotatable bonds is 6. The van der Waals surface area contributed by atoms with Gasteiger partial charge < -0.3 is 10.1 Å². The van der Waals surface area contributed by atoms with Crippen LogP contribution in [-0.4, -0.2) is 19.2 Å². The van der Waals surface area contributed by atoms with E-state index in [0.717, 1.165) is 32.4 Å². The van der Waals surface area contributed by atoms with Crippen LogP contribution in [0.15, 0.2) is 54.6 Å². The molecule has 2 nitrogen and oxygen atoms in total. The summed E-state index contributed by atoms with van der Waals surface area (Å²) in [5.74, 6) is 0. The highest BCUT2D eigenvalue weighted by Crippen LogP contribution is 2.30. The Kier molecular flexibility index (Phi) is 5.25. The molecule has 1 aliphatic rings. The number of hydrogen-bond acceptors (Lipinski definition) is 2. The highest BCUT2D eigenvalue weighted by atomic mass is 16.5. The minimum atomic E-state index is 0.240. The molecule has 0 aliphatic carbocycles. The third-order valence-corrected chi connectivity index (χ3v) is 4.41. The van der Waals surface area contributed by atoms with Crippen LogP contribution in [0.2, 0.25) is 0 Å². The lowest BCUT2D eigenvalue weighted by atomic mass is 9.94. The molecule has 2 aromatic rings. The summed E-state index contributed by atoms with van der Waals surface area (Å²) in [7, 11) is 0. The smallest absolute Gasteiger partial charge is 0.0842 e. The Labute approximate surface area is 133 Å². The zero-order chi connectivity index (χ0) is 15.2. The van der Waals surface area contributed by atoms with Crippen LogP contribution in [-0.2, 0) is 17.6 Å². The molecule has 0 aromatic heterocycles. The summed E-state index contributed by atoms with van der Waals surface area (Å²) < 4.78 is 6.00. The third kappa shape index (κ3) is 3.96. The summed E-state index contributed by atoms with van der Waals surface area (Å²) in [6.45, 7) is 4.11. The van der Waals surface area contributed by atoms with Gasteiger partial charge in [0.2, 0.25) is 0 Å². The van der Waals surface area contributed by atoms with Crippen molar-refractivity contribution in [3.05, 3.63) is 71.3 Å². The van der Waals surface area contributed by atoms with E-state index in [-0.39, 0.29) is 6.10 Å². The lowest BCUT2D eigenvalue weighted by Crippen LogP contribution is -2.31. The summed E-state index contributed by atoms with van der Waals surface area (Å²) in [4.78, 5) is 0. The fourth-order valence-electron chi connectivity index (χ4n) is 3.18. The van der Waals surface area contributed by atoms with E-state index in [1.807, 2.05) is 0 Å². The van der Waals surface area contributed by atoms with Gasteiger partial charge in [0.1, 0.15) is 0 Å². The Bertz CT molecular complexity index is 581. The third-order valence-electron chi connectivity index (χ3n) is 4.41. The van der Waals surface area contributed by atoms with Crippen LogP contribution in [0, 0.1) is 0 Å². The van der Waals surface area contributed by atoms with Crippen molar-refractivity contribution >= 4 is 0 Å². The summed E-state index contributed by atoms with van der Waals surface area (Å²) in [6, 6.07) is 19.8. The van der Waals surface area contributed by atoms with Crippen LogP contribution < -0.4 is 5.32 Å². The summed E-state index contributed by atoms with van der Waals surface area (Å²) in [6.07, 6.45) is 3.39. The molecule has 0 bridgehead atoms. The van der Waals surface area contributed by atoms with Crippen molar-refractivity contribution in [2.45, 2.75) is 38.3 Å². The quantitative estimate of drug-likeness (QED) is 0.872. The molecular weight excluding hydrogens is 270 g/mol. The van der Waals surface area contributed by atoms with Gasteiger partial charge in [-0.05, 0) is 49.4 Å². The summed E-state index contributed by atoms with van der Waals surface area (Å²) in [5.41, 5.74) is 4.22. The molecule has 1 heterocycles. The zero-order valence-corrected chi connectivity index (χ0v) is 13.3. The molecule has 2 unspecified atom stereocenters. The highest BCUT2D eigenvalue weighted by Gasteiger charge is 2.22. The van der Waals surface area contributed by atoms with Gasteiger partial charge in [0.15, 0.2) is 0 Å². The summed E-state index contributed by atoms with van der Waals surface area (Å²) >= 11 is 0. The van der Waals surface area contributed by atoms with Crippen LogP contribution >= 0.6 is 0 Å². The first-order valence-corrected chi connectivity index (χ1v) is 8.29. The van der Waals surface area contributed by atoms with E-state index in [9.17, 15) is 0 Å². The first kappa shape index (κ1) is 15.3. The van der Waals surface area contributed by atoms with Crippen molar-refractivity contribution < 1.29 is 4.74 Å². The van der Waals surface area contributed by atoms with Gasteiger partial charge in [0.05, 0.1) is 12.7 Å². The maximum atomic E-state index is 6.00. The first-order chi connectivity index (χ1) is 10.8. The molecule has 2 atom stereocenters. The normalized spacial score (nSPS) is 18.7. The average molecular weight is 295 g/mol. The summed E-state index contributed by atoms with van der Waals surface area (Å²) in [5, 5.41) is 3.63. The van der Waals surface area contributed by atoms with Crippen molar-refractivity contribution in [1.82, 2.24) is 5.32 Å². The van der Waals surface area contributed by atoms with Crippen LogP contribution in [0.5, 0.6) is 0 Å². The molecular formula is C20H25NO. The van der Waals surface area contributed by atoms with E-state index in [1.54, 1.807) is 0 Å². The number of nitrogens with one attached hydrogen (secondary N) is 1. The Morgan fingerprint density at radius 2 is 1.86 bits per heavy atom. The second-order valence-corrected chi connectivity index (χ2v) is 6.13. The highest BCUT2D eigenvalue weighted by molar-refractivity contribution is 5.31. The van der Waals surface area contributed by atoms with Gasteiger partial charge in [-0.15, -0.1) is 0 Å². The van der Waals surface area contributed by atoms with Crippen molar-refractivity contribution in [1.29, 1.82) is 0 Å². The number of hydrogen-bond donors (Lipinski definition) is 1. The molecule has 0 amide bonds. The predicted molar refractivity (Wildman–Crippen MR) is 91.1 cm³/mol. The van der Waals surface area contributed by atoms with Crippen LogP contribution in [0.4, 0.5) is 0 Å². The van der Waals surface area contributed by atoms with E-state index < -0.39 is 0 Å². The number of ether oxygens (including phenoxy) is 1. The molecule has 0 saturated carbocycles. The molecule has 0 saturated heterocycles. The topological polar surface area (TPSA) is 21.3 Å². The Hall–Kier alpha value is -1.64. The fourth-order valence-corrected chi connectivity index (χ4v) is 3.18. The lowest BCUT2D eigenvalue weighted by Gasteiger charge is -2.28. The molecule has 2 heteroatoms. The SMILES string of the molecule is CC(CC1OCCc2ccccc21)NCCc1ccccc1. The van der Waals surface area contributed by atoms with Gasteiger partial charge in [-0.25, -0.2) is 0 Å². The molecule has 1 N–H and O–H groups in total. The van der Waals surface area contributed by atoms with E-state index in [0.29, 0.717) is 6.04 Å². The van der Waals surface area contributed by atoms with Crippen molar-refractivity contribution in [2.24, 2.45) is 0 Å². The van der Waals surface area contributed by atoms with Crippen LogP contribution in [0.25, 0.3) is 0 Å². The standard InChI is InChI=1S/C20H25NO/c1-16(21-13-11-17-7-3-2-4-8-17)15-20-19-10-6-5-9-18(19)12-14-22-20/h2-10,16,20-21H,11-15H2,1H3.